The van der Waals surface area contributed by atoms with Crippen molar-refractivity contribution in [2.24, 2.45) is 0 Å². The van der Waals surface area contributed by atoms with Crippen molar-refractivity contribution in [3.8, 4) is 0 Å². The lowest BCUT2D eigenvalue weighted by Gasteiger charge is -2.24. The van der Waals surface area contributed by atoms with Gasteiger partial charge in [-0.3, -0.25) is 9.59 Å². The zero-order valence-corrected chi connectivity index (χ0v) is 10.5. The molecule has 98 valence electrons. The zero-order chi connectivity index (χ0) is 13.1. The van der Waals surface area contributed by atoms with E-state index in [4.69, 9.17) is 5.11 Å². The number of likely N-dealkylation sites (tertiary alicyclic amines) is 1. The first kappa shape index (κ1) is 12.7. The molecule has 1 aromatic heterocycles. The average molecular weight is 250 g/mol. The molecule has 1 amide bonds. The Labute approximate surface area is 106 Å². The van der Waals surface area contributed by atoms with Crippen LogP contribution in [0.5, 0.6) is 0 Å². The Morgan fingerprint density at radius 3 is 2.94 bits per heavy atom. The summed E-state index contributed by atoms with van der Waals surface area (Å²) < 4.78 is 1.50. The number of carbonyl (C=O) groups excluding carboxylic acids is 1. The number of hydrogen-bond donors (Lipinski definition) is 1. The van der Waals surface area contributed by atoms with Crippen LogP contribution in [0.15, 0.2) is 18.3 Å². The van der Waals surface area contributed by atoms with Crippen molar-refractivity contribution in [1.82, 2.24) is 9.47 Å². The van der Waals surface area contributed by atoms with Gasteiger partial charge in [0, 0.05) is 18.8 Å². The van der Waals surface area contributed by atoms with Crippen molar-refractivity contribution in [2.75, 3.05) is 6.54 Å². The predicted octanol–water partition coefficient (Wildman–Crippen LogP) is 1.59. The van der Waals surface area contributed by atoms with Gasteiger partial charge in [-0.2, -0.15) is 0 Å². The van der Waals surface area contributed by atoms with Gasteiger partial charge in [-0.15, -0.1) is 0 Å². The van der Waals surface area contributed by atoms with E-state index in [1.807, 2.05) is 4.90 Å². The molecule has 0 aromatic carbocycles. The van der Waals surface area contributed by atoms with Gasteiger partial charge in [-0.05, 0) is 31.4 Å². The second-order valence-electron chi connectivity index (χ2n) is 4.62. The van der Waals surface area contributed by atoms with E-state index in [2.05, 4.69) is 6.92 Å². The molecular weight excluding hydrogens is 232 g/mol. The minimum absolute atomic E-state index is 0.0504. The van der Waals surface area contributed by atoms with E-state index in [0.717, 1.165) is 25.8 Å². The monoisotopic (exact) mass is 250 g/mol. The number of aliphatic carboxylic acids is 1. The molecule has 1 saturated heterocycles. The summed E-state index contributed by atoms with van der Waals surface area (Å²) in [4.78, 5) is 25.0. The molecule has 1 N–H and O–H groups in total. The molecule has 0 saturated carbocycles. The van der Waals surface area contributed by atoms with Crippen LogP contribution in [0.2, 0.25) is 0 Å². The van der Waals surface area contributed by atoms with Crippen LogP contribution in [0.1, 0.15) is 36.7 Å². The van der Waals surface area contributed by atoms with Gasteiger partial charge in [0.25, 0.3) is 5.91 Å². The zero-order valence-electron chi connectivity index (χ0n) is 10.5. The van der Waals surface area contributed by atoms with E-state index >= 15 is 0 Å². The summed E-state index contributed by atoms with van der Waals surface area (Å²) >= 11 is 0. The summed E-state index contributed by atoms with van der Waals surface area (Å²) in [5.41, 5.74) is 0.470. The molecule has 18 heavy (non-hydrogen) atoms. The normalized spacial score (nSPS) is 19.2. The molecule has 0 aliphatic carbocycles. The smallest absolute Gasteiger partial charge is 0.323 e. The first-order valence-electron chi connectivity index (χ1n) is 6.31. The van der Waals surface area contributed by atoms with Gasteiger partial charge in [0.05, 0.1) is 0 Å². The van der Waals surface area contributed by atoms with E-state index in [0.29, 0.717) is 11.7 Å². The summed E-state index contributed by atoms with van der Waals surface area (Å²) in [6.45, 7) is 2.68. The summed E-state index contributed by atoms with van der Waals surface area (Å²) in [7, 11) is 0. The SMILES string of the molecule is CCC1CCCN1C(=O)c1cccn1CC(=O)O. The second-order valence-corrected chi connectivity index (χ2v) is 4.62. The highest BCUT2D eigenvalue weighted by Gasteiger charge is 2.29. The van der Waals surface area contributed by atoms with Gasteiger partial charge in [-0.25, -0.2) is 0 Å². The molecule has 1 fully saturated rings. The first-order chi connectivity index (χ1) is 8.63. The summed E-state index contributed by atoms with van der Waals surface area (Å²) in [6, 6.07) is 3.70. The Morgan fingerprint density at radius 1 is 1.50 bits per heavy atom. The fourth-order valence-electron chi connectivity index (χ4n) is 2.57. The number of hydrogen-bond acceptors (Lipinski definition) is 2. The van der Waals surface area contributed by atoms with Gasteiger partial charge in [-0.1, -0.05) is 6.92 Å². The van der Waals surface area contributed by atoms with Gasteiger partial charge >= 0.3 is 5.97 Å². The van der Waals surface area contributed by atoms with Gasteiger partial charge in [0.1, 0.15) is 12.2 Å². The lowest BCUT2D eigenvalue weighted by Crippen LogP contribution is -2.36. The van der Waals surface area contributed by atoms with E-state index in [-0.39, 0.29) is 12.5 Å². The van der Waals surface area contributed by atoms with Crippen LogP contribution in [0.25, 0.3) is 0 Å². The van der Waals surface area contributed by atoms with Crippen LogP contribution in [-0.2, 0) is 11.3 Å². The molecular formula is C13H18N2O3. The maximum Gasteiger partial charge on any atom is 0.323 e. The third-order valence-corrected chi connectivity index (χ3v) is 3.46. The standard InChI is InChI=1S/C13H18N2O3/c1-2-10-5-3-8-15(10)13(18)11-6-4-7-14(11)9-12(16)17/h4,6-7,10H,2-3,5,8-9H2,1H3,(H,16,17). The Balaban J connectivity index is 2.18. The molecule has 1 aliphatic rings. The number of carboxylic acid groups (broad SMARTS) is 1. The largest absolute Gasteiger partial charge is 0.480 e. The molecule has 0 radical (unpaired) electrons. The van der Waals surface area contributed by atoms with Crippen LogP contribution in [0.4, 0.5) is 0 Å². The van der Waals surface area contributed by atoms with Crippen molar-refractivity contribution in [3.05, 3.63) is 24.0 Å². The van der Waals surface area contributed by atoms with Gasteiger partial charge in [0.2, 0.25) is 0 Å². The molecule has 1 atom stereocenters. The van der Waals surface area contributed by atoms with Crippen LogP contribution in [0, 0.1) is 0 Å². The second kappa shape index (κ2) is 5.25. The summed E-state index contributed by atoms with van der Waals surface area (Å²) in [5, 5.41) is 8.81. The quantitative estimate of drug-likeness (QED) is 0.882. The molecule has 1 aromatic rings. The minimum Gasteiger partial charge on any atom is -0.480 e. The van der Waals surface area contributed by atoms with Crippen LogP contribution in [0.3, 0.4) is 0 Å². The third kappa shape index (κ3) is 2.39. The fraction of sp³-hybridized carbons (Fsp3) is 0.538. The molecule has 1 unspecified atom stereocenters. The van der Waals surface area contributed by atoms with Crippen molar-refractivity contribution in [2.45, 2.75) is 38.8 Å². The van der Waals surface area contributed by atoms with Gasteiger partial charge < -0.3 is 14.6 Å². The van der Waals surface area contributed by atoms with E-state index in [1.54, 1.807) is 18.3 Å². The molecule has 2 rings (SSSR count). The van der Waals surface area contributed by atoms with Crippen LogP contribution < -0.4 is 0 Å². The van der Waals surface area contributed by atoms with Crippen LogP contribution in [-0.4, -0.2) is 39.0 Å². The lowest BCUT2D eigenvalue weighted by atomic mass is 10.1. The molecule has 0 bridgehead atoms. The number of rotatable bonds is 4. The predicted molar refractivity (Wildman–Crippen MR) is 66.4 cm³/mol. The maximum absolute atomic E-state index is 12.4. The number of carbonyl (C=O) groups is 2. The number of aromatic nitrogens is 1. The van der Waals surface area contributed by atoms with Crippen molar-refractivity contribution < 1.29 is 14.7 Å². The van der Waals surface area contributed by atoms with Crippen molar-refractivity contribution in [1.29, 1.82) is 0 Å². The molecule has 0 spiro atoms. The Morgan fingerprint density at radius 2 is 2.28 bits per heavy atom. The fourth-order valence-corrected chi connectivity index (χ4v) is 2.57. The molecule has 5 heteroatoms. The van der Waals surface area contributed by atoms with Crippen molar-refractivity contribution in [3.63, 3.8) is 0 Å². The highest BCUT2D eigenvalue weighted by Crippen LogP contribution is 2.22. The topological polar surface area (TPSA) is 62.5 Å². The Kier molecular flexibility index (Phi) is 3.69. The number of nitrogens with zero attached hydrogens (tertiary/aromatic N) is 2. The third-order valence-electron chi connectivity index (χ3n) is 3.46. The summed E-state index contributed by atoms with van der Waals surface area (Å²) in [6.07, 6.45) is 4.66. The van der Waals surface area contributed by atoms with E-state index in [1.165, 1.54) is 4.57 Å². The Bertz CT molecular complexity index is 453. The average Bonchev–Trinajstić information content (AvgIpc) is 2.95. The first-order valence-corrected chi connectivity index (χ1v) is 6.31. The Hall–Kier alpha value is -1.78. The van der Waals surface area contributed by atoms with E-state index < -0.39 is 5.97 Å². The highest BCUT2D eigenvalue weighted by molar-refractivity contribution is 5.93. The highest BCUT2D eigenvalue weighted by atomic mass is 16.4. The maximum atomic E-state index is 12.4. The van der Waals surface area contributed by atoms with Crippen LogP contribution >= 0.6 is 0 Å². The molecule has 2 heterocycles. The van der Waals surface area contributed by atoms with Crippen molar-refractivity contribution >= 4 is 11.9 Å². The number of amides is 1. The minimum atomic E-state index is -0.936. The summed E-state index contributed by atoms with van der Waals surface area (Å²) in [5.74, 6) is -0.987. The number of carboxylic acids is 1. The molecule has 1 aliphatic heterocycles. The molecule has 5 nitrogen and oxygen atoms in total. The van der Waals surface area contributed by atoms with Gasteiger partial charge in [0.15, 0.2) is 0 Å². The lowest BCUT2D eigenvalue weighted by molar-refractivity contribution is -0.137. The van der Waals surface area contributed by atoms with E-state index in [9.17, 15) is 9.59 Å².